The summed E-state index contributed by atoms with van der Waals surface area (Å²) >= 11 is 0. The molecule has 2 aromatic rings. The first-order chi connectivity index (χ1) is 13.1. The van der Waals surface area contributed by atoms with E-state index in [4.69, 9.17) is 0 Å². The van der Waals surface area contributed by atoms with Crippen molar-refractivity contribution in [3.63, 3.8) is 0 Å². The Balaban J connectivity index is 1.71. The van der Waals surface area contributed by atoms with Crippen molar-refractivity contribution in [1.29, 1.82) is 0 Å². The Kier molecular flexibility index (Phi) is 6.64. The fourth-order valence-corrected chi connectivity index (χ4v) is 3.46. The Labute approximate surface area is 161 Å². The van der Waals surface area contributed by atoms with E-state index in [1.807, 2.05) is 66.4 Å². The number of amides is 2. The molecule has 0 saturated carbocycles. The van der Waals surface area contributed by atoms with Gasteiger partial charge in [-0.2, -0.15) is 0 Å². The first kappa shape index (κ1) is 19.2. The van der Waals surface area contributed by atoms with E-state index >= 15 is 0 Å². The van der Waals surface area contributed by atoms with Gasteiger partial charge in [-0.15, -0.1) is 0 Å². The van der Waals surface area contributed by atoms with Gasteiger partial charge < -0.3 is 9.80 Å². The van der Waals surface area contributed by atoms with Crippen molar-refractivity contribution in [3.05, 3.63) is 65.7 Å². The minimum Gasteiger partial charge on any atom is -0.341 e. The number of likely N-dealkylation sites (tertiary alicyclic amines) is 1. The second-order valence-corrected chi connectivity index (χ2v) is 7.24. The van der Waals surface area contributed by atoms with Crippen LogP contribution in [0, 0.1) is 6.92 Å². The minimum atomic E-state index is -0.00642. The summed E-state index contributed by atoms with van der Waals surface area (Å²) in [5.41, 5.74) is 3.07. The van der Waals surface area contributed by atoms with Gasteiger partial charge in [-0.05, 0) is 50.3 Å². The van der Waals surface area contributed by atoms with E-state index in [1.165, 1.54) is 6.42 Å². The number of anilines is 1. The van der Waals surface area contributed by atoms with Gasteiger partial charge in [0.25, 0.3) is 0 Å². The van der Waals surface area contributed by atoms with Crippen LogP contribution >= 0.6 is 0 Å². The van der Waals surface area contributed by atoms with Crippen LogP contribution in [0.5, 0.6) is 0 Å². The summed E-state index contributed by atoms with van der Waals surface area (Å²) in [4.78, 5) is 29.3. The first-order valence-corrected chi connectivity index (χ1v) is 9.82. The van der Waals surface area contributed by atoms with Gasteiger partial charge >= 0.3 is 0 Å². The lowest BCUT2D eigenvalue weighted by molar-refractivity contribution is -0.132. The molecule has 142 valence electrons. The quantitative estimate of drug-likeness (QED) is 0.778. The van der Waals surface area contributed by atoms with Crippen molar-refractivity contribution in [2.75, 3.05) is 24.5 Å². The Morgan fingerprint density at radius 1 is 0.926 bits per heavy atom. The van der Waals surface area contributed by atoms with Gasteiger partial charge in [0.15, 0.2) is 0 Å². The van der Waals surface area contributed by atoms with Gasteiger partial charge in [0.2, 0.25) is 11.8 Å². The number of hydrogen-bond donors (Lipinski definition) is 0. The lowest BCUT2D eigenvalue weighted by Crippen LogP contribution is -2.45. The number of carbonyl (C=O) groups is 2. The molecule has 1 aliphatic rings. The number of aryl methyl sites for hydroxylation is 2. The highest BCUT2D eigenvalue weighted by atomic mass is 16.2. The van der Waals surface area contributed by atoms with Gasteiger partial charge in [-0.1, -0.05) is 48.0 Å². The molecule has 1 fully saturated rings. The van der Waals surface area contributed by atoms with Gasteiger partial charge in [-0.3, -0.25) is 9.59 Å². The molecule has 0 atom stereocenters. The fourth-order valence-electron chi connectivity index (χ4n) is 3.46. The first-order valence-electron chi connectivity index (χ1n) is 9.82. The molecule has 4 heteroatoms. The summed E-state index contributed by atoms with van der Waals surface area (Å²) in [5, 5.41) is 0. The normalized spacial score (nSPS) is 14.0. The van der Waals surface area contributed by atoms with Crippen LogP contribution in [0.3, 0.4) is 0 Å². The topological polar surface area (TPSA) is 40.6 Å². The van der Waals surface area contributed by atoms with Crippen molar-refractivity contribution in [2.24, 2.45) is 0 Å². The average molecular weight is 364 g/mol. The molecule has 0 unspecified atom stereocenters. The fraction of sp³-hybridized carbons (Fsp3) is 0.391. The molecule has 0 N–H and O–H groups in total. The largest absolute Gasteiger partial charge is 0.341 e. The van der Waals surface area contributed by atoms with E-state index < -0.39 is 0 Å². The third-order valence-electron chi connectivity index (χ3n) is 5.12. The van der Waals surface area contributed by atoms with Crippen molar-refractivity contribution in [2.45, 2.75) is 39.0 Å². The third-order valence-corrected chi connectivity index (χ3v) is 5.12. The molecular weight excluding hydrogens is 336 g/mol. The van der Waals surface area contributed by atoms with Crippen LogP contribution < -0.4 is 4.90 Å². The summed E-state index contributed by atoms with van der Waals surface area (Å²) in [6, 6.07) is 17.8. The summed E-state index contributed by atoms with van der Waals surface area (Å²) < 4.78 is 0. The molecule has 1 heterocycles. The SMILES string of the molecule is Cc1ccc(N(CC(=O)N2CCCCC2)C(=O)CCc2ccccc2)cc1. The van der Waals surface area contributed by atoms with Crippen molar-refractivity contribution < 1.29 is 9.59 Å². The second-order valence-electron chi connectivity index (χ2n) is 7.24. The van der Waals surface area contributed by atoms with Crippen LogP contribution in [0.1, 0.15) is 36.8 Å². The zero-order valence-corrected chi connectivity index (χ0v) is 16.1. The van der Waals surface area contributed by atoms with E-state index in [2.05, 4.69) is 0 Å². The highest BCUT2D eigenvalue weighted by molar-refractivity contribution is 5.98. The molecule has 2 aromatic carbocycles. The molecule has 2 amide bonds. The number of carbonyl (C=O) groups excluding carboxylic acids is 2. The van der Waals surface area contributed by atoms with Crippen LogP contribution in [-0.2, 0) is 16.0 Å². The van der Waals surface area contributed by atoms with Gasteiger partial charge in [-0.25, -0.2) is 0 Å². The predicted octanol–water partition coefficient (Wildman–Crippen LogP) is 3.97. The Morgan fingerprint density at radius 3 is 2.26 bits per heavy atom. The maximum atomic E-state index is 13.0. The minimum absolute atomic E-state index is 0.00642. The summed E-state index contributed by atoms with van der Waals surface area (Å²) in [6.07, 6.45) is 4.36. The van der Waals surface area contributed by atoms with Crippen molar-refractivity contribution >= 4 is 17.5 Å². The second kappa shape index (κ2) is 9.36. The molecule has 0 aliphatic carbocycles. The Bertz CT molecular complexity index is 750. The molecule has 0 aromatic heterocycles. The molecule has 1 aliphatic heterocycles. The molecule has 0 spiro atoms. The van der Waals surface area contributed by atoms with Gasteiger partial charge in [0.05, 0.1) is 0 Å². The molecule has 3 rings (SSSR count). The highest BCUT2D eigenvalue weighted by Gasteiger charge is 2.23. The molecular formula is C23H28N2O2. The van der Waals surface area contributed by atoms with Crippen LogP contribution in [-0.4, -0.2) is 36.3 Å². The standard InChI is InChI=1S/C23H28N2O2/c1-19-10-13-21(14-11-19)25(18-23(27)24-16-6-3-7-17-24)22(26)15-12-20-8-4-2-5-9-20/h2,4-5,8-11,13-14H,3,6-7,12,15-18H2,1H3. The van der Waals surface area contributed by atoms with Crippen LogP contribution in [0.15, 0.2) is 54.6 Å². The zero-order valence-electron chi connectivity index (χ0n) is 16.1. The lowest BCUT2D eigenvalue weighted by atomic mass is 10.1. The third kappa shape index (κ3) is 5.43. The maximum absolute atomic E-state index is 13.0. The molecule has 27 heavy (non-hydrogen) atoms. The number of piperidine rings is 1. The summed E-state index contributed by atoms with van der Waals surface area (Å²) in [6.45, 7) is 3.75. The Morgan fingerprint density at radius 2 is 1.59 bits per heavy atom. The smallest absolute Gasteiger partial charge is 0.242 e. The maximum Gasteiger partial charge on any atom is 0.242 e. The summed E-state index contributed by atoms with van der Waals surface area (Å²) in [5.74, 6) is 0.0383. The van der Waals surface area contributed by atoms with Gasteiger partial charge in [0.1, 0.15) is 6.54 Å². The summed E-state index contributed by atoms with van der Waals surface area (Å²) in [7, 11) is 0. The number of rotatable bonds is 6. The molecule has 4 nitrogen and oxygen atoms in total. The molecule has 0 radical (unpaired) electrons. The number of benzene rings is 2. The zero-order chi connectivity index (χ0) is 19.1. The predicted molar refractivity (Wildman–Crippen MR) is 109 cm³/mol. The number of nitrogens with zero attached hydrogens (tertiary/aromatic N) is 2. The molecule has 0 bridgehead atoms. The van der Waals surface area contributed by atoms with Crippen LogP contribution in [0.4, 0.5) is 5.69 Å². The molecule has 1 saturated heterocycles. The van der Waals surface area contributed by atoms with E-state index in [9.17, 15) is 9.59 Å². The van der Waals surface area contributed by atoms with Gasteiger partial charge in [0, 0.05) is 25.2 Å². The van der Waals surface area contributed by atoms with Crippen molar-refractivity contribution in [1.82, 2.24) is 4.90 Å². The van der Waals surface area contributed by atoms with E-state index in [1.54, 1.807) is 4.90 Å². The number of hydrogen-bond acceptors (Lipinski definition) is 2. The average Bonchev–Trinajstić information content (AvgIpc) is 2.72. The Hall–Kier alpha value is -2.62. The van der Waals surface area contributed by atoms with Crippen molar-refractivity contribution in [3.8, 4) is 0 Å². The van der Waals surface area contributed by atoms with E-state index in [-0.39, 0.29) is 18.4 Å². The van der Waals surface area contributed by atoms with Crippen LogP contribution in [0.2, 0.25) is 0 Å². The van der Waals surface area contributed by atoms with E-state index in [0.29, 0.717) is 12.8 Å². The highest BCUT2D eigenvalue weighted by Crippen LogP contribution is 2.18. The monoisotopic (exact) mass is 364 g/mol. The lowest BCUT2D eigenvalue weighted by Gasteiger charge is -2.30. The van der Waals surface area contributed by atoms with Crippen LogP contribution in [0.25, 0.3) is 0 Å². The van der Waals surface area contributed by atoms with E-state index in [0.717, 1.165) is 42.7 Å².